The molecule has 7 nitrogen and oxygen atoms in total. The van der Waals surface area contributed by atoms with Gasteiger partial charge in [0.1, 0.15) is 0 Å². The van der Waals surface area contributed by atoms with E-state index in [9.17, 15) is 26.4 Å². The van der Waals surface area contributed by atoms with Crippen LogP contribution in [0.1, 0.15) is 25.8 Å². The molecule has 1 aliphatic heterocycles. The first-order chi connectivity index (χ1) is 14.4. The number of morpholine rings is 1. The number of sulfonamides is 1. The molecular weight excluding hydrogens is 459 g/mol. The fourth-order valence-electron chi connectivity index (χ4n) is 3.17. The molecule has 0 bridgehead atoms. The Morgan fingerprint density at radius 1 is 1.35 bits per heavy atom. The van der Waals surface area contributed by atoms with Crippen molar-refractivity contribution in [2.45, 2.75) is 37.4 Å². The topological polar surface area (TPSA) is 87.7 Å². The summed E-state index contributed by atoms with van der Waals surface area (Å²) in [7, 11) is -4.23. The molecule has 12 heteroatoms. The molecule has 0 aromatic heterocycles. The van der Waals surface area contributed by atoms with Crippen molar-refractivity contribution < 1.29 is 31.1 Å². The van der Waals surface area contributed by atoms with Gasteiger partial charge in [0.05, 0.1) is 28.2 Å². The molecule has 2 rings (SSSR count). The zero-order chi connectivity index (χ0) is 23.2. The predicted molar refractivity (Wildman–Crippen MR) is 110 cm³/mol. The third-order valence-electron chi connectivity index (χ3n) is 4.57. The summed E-state index contributed by atoms with van der Waals surface area (Å²) in [6.07, 6.45) is -5.10. The molecule has 1 fully saturated rings. The third kappa shape index (κ3) is 8.23. The highest BCUT2D eigenvalue weighted by Gasteiger charge is 2.34. The second-order valence-electron chi connectivity index (χ2n) is 7.74. The number of rotatable bonds is 9. The van der Waals surface area contributed by atoms with E-state index >= 15 is 0 Å². The van der Waals surface area contributed by atoms with E-state index in [-0.39, 0.29) is 25.0 Å². The van der Waals surface area contributed by atoms with Gasteiger partial charge in [-0.25, -0.2) is 13.1 Å². The Labute approximate surface area is 185 Å². The Morgan fingerprint density at radius 3 is 2.71 bits per heavy atom. The molecule has 1 atom stereocenters. The van der Waals surface area contributed by atoms with Gasteiger partial charge in [-0.3, -0.25) is 9.69 Å². The smallest absolute Gasteiger partial charge is 0.374 e. The highest BCUT2D eigenvalue weighted by atomic mass is 35.5. The van der Waals surface area contributed by atoms with E-state index < -0.39 is 31.7 Å². The van der Waals surface area contributed by atoms with Crippen LogP contribution in [0.3, 0.4) is 0 Å². The van der Waals surface area contributed by atoms with Crippen molar-refractivity contribution in [3.8, 4) is 0 Å². The SMILES string of the molecule is CC(C)CN1CCOC(CNC(=O)CCNS(=O)(=O)c2ccc(Cl)c(C(F)(F)F)c2)C1. The lowest BCUT2D eigenvalue weighted by Crippen LogP contribution is -2.48. The van der Waals surface area contributed by atoms with Crippen molar-refractivity contribution in [1.29, 1.82) is 0 Å². The summed E-state index contributed by atoms with van der Waals surface area (Å²) in [5, 5.41) is 2.10. The first kappa shape index (κ1) is 25.9. The fraction of sp³-hybridized carbons (Fsp3) is 0.632. The number of ether oxygens (including phenoxy) is 1. The lowest BCUT2D eigenvalue weighted by atomic mass is 10.2. The van der Waals surface area contributed by atoms with Crippen LogP contribution in [0, 0.1) is 5.92 Å². The Hall–Kier alpha value is -1.40. The molecule has 1 aromatic rings. The molecule has 1 aliphatic rings. The van der Waals surface area contributed by atoms with E-state index in [1.165, 1.54) is 0 Å². The van der Waals surface area contributed by atoms with Gasteiger partial charge in [0.25, 0.3) is 0 Å². The molecule has 0 radical (unpaired) electrons. The summed E-state index contributed by atoms with van der Waals surface area (Å²) in [5.74, 6) is 0.133. The van der Waals surface area contributed by atoms with Gasteiger partial charge < -0.3 is 10.1 Å². The van der Waals surface area contributed by atoms with Crippen LogP contribution in [0.5, 0.6) is 0 Å². The van der Waals surface area contributed by atoms with E-state index in [2.05, 4.69) is 28.8 Å². The molecule has 1 heterocycles. The summed E-state index contributed by atoms with van der Waals surface area (Å²) in [4.78, 5) is 13.7. The summed E-state index contributed by atoms with van der Waals surface area (Å²) < 4.78 is 71.1. The molecule has 1 unspecified atom stereocenters. The number of carbonyl (C=O) groups is 1. The molecule has 1 saturated heterocycles. The van der Waals surface area contributed by atoms with Crippen molar-refractivity contribution in [2.75, 3.05) is 39.3 Å². The second kappa shape index (κ2) is 11.0. The molecule has 0 spiro atoms. The van der Waals surface area contributed by atoms with Crippen LogP contribution < -0.4 is 10.0 Å². The molecule has 1 amide bonds. The monoisotopic (exact) mass is 485 g/mol. The van der Waals surface area contributed by atoms with Crippen LogP contribution in [0.4, 0.5) is 13.2 Å². The van der Waals surface area contributed by atoms with Crippen molar-refractivity contribution in [3.63, 3.8) is 0 Å². The van der Waals surface area contributed by atoms with Crippen LogP contribution in [0.25, 0.3) is 0 Å². The number of nitrogens with one attached hydrogen (secondary N) is 2. The van der Waals surface area contributed by atoms with Gasteiger partial charge in [-0.1, -0.05) is 25.4 Å². The lowest BCUT2D eigenvalue weighted by molar-refractivity contribution is -0.137. The molecule has 0 saturated carbocycles. The average molecular weight is 486 g/mol. The number of hydrogen-bond donors (Lipinski definition) is 2. The number of nitrogens with zero attached hydrogens (tertiary/aromatic N) is 1. The normalized spacial score (nSPS) is 18.4. The van der Waals surface area contributed by atoms with E-state index in [0.717, 1.165) is 25.2 Å². The van der Waals surface area contributed by atoms with Gasteiger partial charge in [-0.05, 0) is 24.1 Å². The van der Waals surface area contributed by atoms with E-state index in [4.69, 9.17) is 16.3 Å². The fourth-order valence-corrected chi connectivity index (χ4v) is 4.46. The second-order valence-corrected chi connectivity index (χ2v) is 9.91. The van der Waals surface area contributed by atoms with Crippen LogP contribution >= 0.6 is 11.6 Å². The average Bonchev–Trinajstić information content (AvgIpc) is 2.65. The van der Waals surface area contributed by atoms with Crippen molar-refractivity contribution >= 4 is 27.5 Å². The molecule has 176 valence electrons. The summed E-state index contributed by atoms with van der Waals surface area (Å²) in [5.41, 5.74) is -1.24. The van der Waals surface area contributed by atoms with Gasteiger partial charge >= 0.3 is 6.18 Å². The molecular formula is C19H27ClF3N3O4S. The highest BCUT2D eigenvalue weighted by molar-refractivity contribution is 7.89. The van der Waals surface area contributed by atoms with Gasteiger partial charge in [0.15, 0.2) is 0 Å². The maximum Gasteiger partial charge on any atom is 0.417 e. The van der Waals surface area contributed by atoms with Gasteiger partial charge in [-0.15, -0.1) is 0 Å². The van der Waals surface area contributed by atoms with Crippen molar-refractivity contribution in [2.24, 2.45) is 5.92 Å². The minimum atomic E-state index is -4.78. The third-order valence-corrected chi connectivity index (χ3v) is 6.36. The van der Waals surface area contributed by atoms with E-state index in [1.807, 2.05) is 0 Å². The Morgan fingerprint density at radius 2 is 2.06 bits per heavy atom. The van der Waals surface area contributed by atoms with Gasteiger partial charge in [0, 0.05) is 39.1 Å². The summed E-state index contributed by atoms with van der Waals surface area (Å²) in [6.45, 7) is 7.34. The Balaban J connectivity index is 1.81. The molecule has 31 heavy (non-hydrogen) atoms. The first-order valence-corrected chi connectivity index (χ1v) is 11.7. The van der Waals surface area contributed by atoms with Crippen molar-refractivity contribution in [3.05, 3.63) is 28.8 Å². The van der Waals surface area contributed by atoms with Crippen LogP contribution in [0.15, 0.2) is 23.1 Å². The first-order valence-electron chi connectivity index (χ1n) is 9.85. The number of carbonyl (C=O) groups excluding carboxylic acids is 1. The minimum Gasteiger partial charge on any atom is -0.374 e. The highest BCUT2D eigenvalue weighted by Crippen LogP contribution is 2.35. The zero-order valence-corrected chi connectivity index (χ0v) is 18.9. The van der Waals surface area contributed by atoms with Crippen LogP contribution in [0.2, 0.25) is 5.02 Å². The molecule has 1 aromatic carbocycles. The maximum absolute atomic E-state index is 12.9. The maximum atomic E-state index is 12.9. The number of benzene rings is 1. The largest absolute Gasteiger partial charge is 0.417 e. The predicted octanol–water partition coefficient (Wildman–Crippen LogP) is 2.50. The molecule has 2 N–H and O–H groups in total. The van der Waals surface area contributed by atoms with E-state index in [0.29, 0.717) is 31.7 Å². The number of alkyl halides is 3. The van der Waals surface area contributed by atoms with Gasteiger partial charge in [-0.2, -0.15) is 13.2 Å². The Kier molecular flexibility index (Phi) is 9.14. The minimum absolute atomic E-state index is 0.150. The number of amides is 1. The van der Waals surface area contributed by atoms with Crippen LogP contribution in [-0.2, 0) is 25.7 Å². The van der Waals surface area contributed by atoms with Crippen LogP contribution in [-0.4, -0.2) is 64.7 Å². The molecule has 0 aliphatic carbocycles. The standard InChI is InChI=1S/C19H27ClF3N3O4S/c1-13(2)11-26-7-8-30-14(12-26)10-24-18(27)5-6-25-31(28,29)15-3-4-17(20)16(9-15)19(21,22)23/h3-4,9,13-14,25H,5-8,10-12H2,1-2H3,(H,24,27). The quantitative estimate of drug-likeness (QED) is 0.561. The summed E-state index contributed by atoms with van der Waals surface area (Å²) >= 11 is 5.51. The van der Waals surface area contributed by atoms with Gasteiger partial charge in [0.2, 0.25) is 15.9 Å². The Bertz CT molecular complexity index is 865. The zero-order valence-electron chi connectivity index (χ0n) is 17.3. The van der Waals surface area contributed by atoms with Crippen molar-refractivity contribution in [1.82, 2.24) is 14.9 Å². The summed E-state index contributed by atoms with van der Waals surface area (Å²) in [6, 6.07) is 2.32. The van der Waals surface area contributed by atoms with E-state index in [1.54, 1.807) is 0 Å². The number of halogens is 4. The lowest BCUT2D eigenvalue weighted by Gasteiger charge is -2.33. The number of hydrogen-bond acceptors (Lipinski definition) is 5.